The van der Waals surface area contributed by atoms with Crippen molar-refractivity contribution < 1.29 is 0 Å². The third kappa shape index (κ3) is 3.16. The number of hydrogen-bond donors (Lipinski definition) is 1. The molecule has 1 fully saturated rings. The smallest absolute Gasteiger partial charge is 0.129 e. The minimum atomic E-state index is 0.579. The van der Waals surface area contributed by atoms with Crippen molar-refractivity contribution in [3.63, 3.8) is 0 Å². The van der Waals surface area contributed by atoms with E-state index in [1.165, 1.54) is 5.56 Å². The Morgan fingerprint density at radius 2 is 2.53 bits per heavy atom. The minimum Gasteiger partial charge on any atom is -0.312 e. The van der Waals surface area contributed by atoms with E-state index in [1.54, 1.807) is 6.20 Å². The van der Waals surface area contributed by atoms with Crippen molar-refractivity contribution in [3.05, 3.63) is 29.0 Å². The molecule has 82 valence electrons. The number of hydrogen-bond acceptors (Lipinski definition) is 3. The van der Waals surface area contributed by atoms with Crippen molar-refractivity contribution >= 4 is 11.6 Å². The van der Waals surface area contributed by atoms with Crippen molar-refractivity contribution in [2.75, 3.05) is 19.6 Å². The first-order valence-corrected chi connectivity index (χ1v) is 5.68. The van der Waals surface area contributed by atoms with Crippen molar-refractivity contribution in [1.82, 2.24) is 15.2 Å². The molecule has 3 nitrogen and oxygen atoms in total. The first-order valence-electron chi connectivity index (χ1n) is 5.30. The molecular formula is C11H16ClN3. The zero-order chi connectivity index (χ0) is 10.7. The third-order valence-electron chi connectivity index (χ3n) is 2.65. The van der Waals surface area contributed by atoms with Crippen LogP contribution in [0.3, 0.4) is 0 Å². The summed E-state index contributed by atoms with van der Waals surface area (Å²) in [7, 11) is 0. The molecule has 2 heterocycles. The average Bonchev–Trinajstić information content (AvgIpc) is 2.17. The number of halogens is 1. The Morgan fingerprint density at radius 1 is 1.67 bits per heavy atom. The molecule has 0 amide bonds. The van der Waals surface area contributed by atoms with Crippen LogP contribution in [-0.2, 0) is 6.54 Å². The number of piperazine rings is 1. The Labute approximate surface area is 95.4 Å². The van der Waals surface area contributed by atoms with Crippen LogP contribution in [0, 0.1) is 0 Å². The Morgan fingerprint density at radius 3 is 3.27 bits per heavy atom. The second-order valence-corrected chi connectivity index (χ2v) is 4.46. The normalized spacial score (nSPS) is 22.9. The molecule has 0 bridgehead atoms. The van der Waals surface area contributed by atoms with E-state index in [2.05, 4.69) is 22.1 Å². The summed E-state index contributed by atoms with van der Waals surface area (Å²) in [4.78, 5) is 6.42. The lowest BCUT2D eigenvalue weighted by Gasteiger charge is -2.31. The van der Waals surface area contributed by atoms with Crippen LogP contribution in [0.25, 0.3) is 0 Å². The lowest BCUT2D eigenvalue weighted by atomic mass is 10.2. The summed E-state index contributed by atoms with van der Waals surface area (Å²) in [6, 6.07) is 4.54. The number of nitrogens with one attached hydrogen (secondary N) is 1. The Hall–Kier alpha value is -0.640. The van der Waals surface area contributed by atoms with Gasteiger partial charge in [-0.3, -0.25) is 4.90 Å². The quantitative estimate of drug-likeness (QED) is 0.774. The van der Waals surface area contributed by atoms with Gasteiger partial charge in [0.05, 0.1) is 0 Å². The highest BCUT2D eigenvalue weighted by atomic mass is 35.5. The van der Waals surface area contributed by atoms with E-state index in [0.29, 0.717) is 11.2 Å². The molecule has 1 N–H and O–H groups in total. The van der Waals surface area contributed by atoms with Gasteiger partial charge in [0.1, 0.15) is 5.15 Å². The minimum absolute atomic E-state index is 0.579. The van der Waals surface area contributed by atoms with E-state index in [-0.39, 0.29) is 0 Å². The van der Waals surface area contributed by atoms with Crippen LogP contribution in [0.15, 0.2) is 18.3 Å². The van der Waals surface area contributed by atoms with E-state index in [9.17, 15) is 0 Å². The average molecular weight is 226 g/mol. The molecule has 1 aliphatic rings. The number of rotatable bonds is 2. The molecule has 1 aromatic rings. The second kappa shape index (κ2) is 4.92. The van der Waals surface area contributed by atoms with Gasteiger partial charge < -0.3 is 5.32 Å². The highest BCUT2D eigenvalue weighted by molar-refractivity contribution is 6.29. The van der Waals surface area contributed by atoms with Gasteiger partial charge in [-0.05, 0) is 24.6 Å². The molecule has 1 aliphatic heterocycles. The highest BCUT2D eigenvalue weighted by Crippen LogP contribution is 2.11. The highest BCUT2D eigenvalue weighted by Gasteiger charge is 2.15. The number of aromatic nitrogens is 1. The van der Waals surface area contributed by atoms with Crippen LogP contribution in [0.4, 0.5) is 0 Å². The zero-order valence-corrected chi connectivity index (χ0v) is 9.67. The summed E-state index contributed by atoms with van der Waals surface area (Å²) in [5.41, 5.74) is 1.24. The standard InChI is InChI=1S/C11H16ClN3/c1-9-7-15(5-4-13-9)8-10-2-3-14-11(12)6-10/h2-3,6,9,13H,4-5,7-8H2,1H3. The van der Waals surface area contributed by atoms with Crippen LogP contribution < -0.4 is 5.32 Å². The first kappa shape index (κ1) is 10.9. The van der Waals surface area contributed by atoms with E-state index < -0.39 is 0 Å². The maximum absolute atomic E-state index is 5.85. The molecule has 0 spiro atoms. The summed E-state index contributed by atoms with van der Waals surface area (Å²) in [5.74, 6) is 0. The molecule has 1 atom stereocenters. The molecule has 0 radical (unpaired) electrons. The Balaban J connectivity index is 1.96. The van der Waals surface area contributed by atoms with Gasteiger partial charge >= 0.3 is 0 Å². The third-order valence-corrected chi connectivity index (χ3v) is 2.86. The summed E-state index contributed by atoms with van der Waals surface area (Å²) >= 11 is 5.85. The largest absolute Gasteiger partial charge is 0.312 e. The fourth-order valence-corrected chi connectivity index (χ4v) is 2.15. The summed E-state index contributed by atoms with van der Waals surface area (Å²) in [6.07, 6.45) is 1.77. The predicted octanol–water partition coefficient (Wildman–Crippen LogP) is 1.53. The van der Waals surface area contributed by atoms with Crippen LogP contribution in [0.5, 0.6) is 0 Å². The maximum Gasteiger partial charge on any atom is 0.129 e. The number of nitrogens with zero attached hydrogens (tertiary/aromatic N) is 2. The molecule has 1 unspecified atom stereocenters. The monoisotopic (exact) mass is 225 g/mol. The SMILES string of the molecule is CC1CN(Cc2ccnc(Cl)c2)CCN1. The van der Waals surface area contributed by atoms with Crippen molar-refractivity contribution in [2.24, 2.45) is 0 Å². The summed E-state index contributed by atoms with van der Waals surface area (Å²) in [5, 5.41) is 4.01. The summed E-state index contributed by atoms with van der Waals surface area (Å²) < 4.78 is 0. The fraction of sp³-hybridized carbons (Fsp3) is 0.545. The first-order chi connectivity index (χ1) is 7.24. The van der Waals surface area contributed by atoms with Gasteiger partial charge in [0.2, 0.25) is 0 Å². The van der Waals surface area contributed by atoms with Gasteiger partial charge in [-0.1, -0.05) is 11.6 Å². The van der Waals surface area contributed by atoms with E-state index in [1.807, 2.05) is 12.1 Å². The molecule has 0 saturated carbocycles. The van der Waals surface area contributed by atoms with E-state index >= 15 is 0 Å². The predicted molar refractivity (Wildman–Crippen MR) is 62.0 cm³/mol. The molecule has 0 aromatic carbocycles. The molecule has 1 aromatic heterocycles. The van der Waals surface area contributed by atoms with Gasteiger partial charge in [0.15, 0.2) is 0 Å². The van der Waals surface area contributed by atoms with Crippen molar-refractivity contribution in [1.29, 1.82) is 0 Å². The molecule has 2 rings (SSSR count). The topological polar surface area (TPSA) is 28.2 Å². The van der Waals surface area contributed by atoms with Crippen molar-refractivity contribution in [3.8, 4) is 0 Å². The van der Waals surface area contributed by atoms with Crippen LogP contribution in [-0.4, -0.2) is 35.6 Å². The lowest BCUT2D eigenvalue weighted by molar-refractivity contribution is 0.199. The van der Waals surface area contributed by atoms with Gasteiger partial charge in [-0.15, -0.1) is 0 Å². The van der Waals surface area contributed by atoms with E-state index in [4.69, 9.17) is 11.6 Å². The number of pyridine rings is 1. The van der Waals surface area contributed by atoms with Gasteiger partial charge in [0.25, 0.3) is 0 Å². The Bertz CT molecular complexity index is 329. The maximum atomic E-state index is 5.85. The molecule has 1 saturated heterocycles. The zero-order valence-electron chi connectivity index (χ0n) is 8.91. The van der Waals surface area contributed by atoms with Gasteiger partial charge in [-0.2, -0.15) is 0 Å². The molecule has 15 heavy (non-hydrogen) atoms. The molecule has 0 aliphatic carbocycles. The second-order valence-electron chi connectivity index (χ2n) is 4.08. The fourth-order valence-electron chi connectivity index (χ4n) is 1.95. The van der Waals surface area contributed by atoms with Crippen molar-refractivity contribution in [2.45, 2.75) is 19.5 Å². The van der Waals surface area contributed by atoms with Crippen LogP contribution >= 0.6 is 11.6 Å². The lowest BCUT2D eigenvalue weighted by Crippen LogP contribution is -2.48. The van der Waals surface area contributed by atoms with Crippen LogP contribution in [0.1, 0.15) is 12.5 Å². The van der Waals surface area contributed by atoms with Crippen LogP contribution in [0.2, 0.25) is 5.15 Å². The van der Waals surface area contributed by atoms with E-state index in [0.717, 1.165) is 26.2 Å². The Kier molecular flexibility index (Phi) is 3.57. The van der Waals surface area contributed by atoms with Gasteiger partial charge in [0, 0.05) is 38.4 Å². The molecular weight excluding hydrogens is 210 g/mol. The van der Waals surface area contributed by atoms with Gasteiger partial charge in [-0.25, -0.2) is 4.98 Å². The molecule has 4 heteroatoms. The summed E-state index contributed by atoms with van der Waals surface area (Å²) in [6.45, 7) is 6.45.